The first kappa shape index (κ1) is 16.2. The number of hydrogen-bond acceptors (Lipinski definition) is 4. The van der Waals surface area contributed by atoms with E-state index < -0.39 is 27.9 Å². The molecule has 1 aliphatic rings. The van der Waals surface area contributed by atoms with Gasteiger partial charge in [-0.15, -0.1) is 0 Å². The Balaban J connectivity index is 1.89. The van der Waals surface area contributed by atoms with Gasteiger partial charge in [0, 0.05) is 5.69 Å². The Hall–Kier alpha value is -2.67. The fourth-order valence-electron chi connectivity index (χ4n) is 2.66. The number of aryl methyl sites for hydroxylation is 1. The number of nitrogens with one attached hydrogen (secondary N) is 1. The van der Waals surface area contributed by atoms with Gasteiger partial charge in [-0.2, -0.15) is 0 Å². The molecule has 2 aromatic carbocycles. The summed E-state index contributed by atoms with van der Waals surface area (Å²) in [4.78, 5) is 24.8. The van der Waals surface area contributed by atoms with Crippen LogP contribution in [0.1, 0.15) is 22.8 Å². The molecule has 0 bridgehead atoms. The highest BCUT2D eigenvalue weighted by Crippen LogP contribution is 2.31. The van der Waals surface area contributed by atoms with Gasteiger partial charge in [0.2, 0.25) is 5.91 Å². The fraction of sp³-hybridized carbons (Fsp3) is 0.176. The van der Waals surface area contributed by atoms with Crippen LogP contribution in [0, 0.1) is 6.92 Å². The zero-order chi connectivity index (χ0) is 17.5. The molecule has 0 aliphatic carbocycles. The Morgan fingerprint density at radius 3 is 2.50 bits per heavy atom. The third kappa shape index (κ3) is 2.56. The fourth-order valence-corrected chi connectivity index (χ4v) is 4.39. The highest BCUT2D eigenvalue weighted by molar-refractivity contribution is 7.90. The van der Waals surface area contributed by atoms with Crippen molar-refractivity contribution in [3.63, 3.8) is 0 Å². The van der Waals surface area contributed by atoms with Crippen LogP contribution in [0.15, 0.2) is 53.4 Å². The molecule has 1 heterocycles. The number of carbonyl (C=O) groups is 2. The van der Waals surface area contributed by atoms with Crippen molar-refractivity contribution in [1.82, 2.24) is 4.31 Å². The van der Waals surface area contributed by atoms with Crippen molar-refractivity contribution in [3.05, 3.63) is 59.7 Å². The third-order valence-corrected chi connectivity index (χ3v) is 5.78. The molecule has 2 aromatic rings. The van der Waals surface area contributed by atoms with E-state index in [9.17, 15) is 18.0 Å². The van der Waals surface area contributed by atoms with E-state index in [0.717, 1.165) is 5.56 Å². The van der Waals surface area contributed by atoms with E-state index in [2.05, 4.69) is 5.32 Å². The molecule has 0 aromatic heterocycles. The maximum absolute atomic E-state index is 12.6. The van der Waals surface area contributed by atoms with Crippen LogP contribution in [-0.4, -0.2) is 30.6 Å². The van der Waals surface area contributed by atoms with Gasteiger partial charge in [0.15, 0.2) is 0 Å². The summed E-state index contributed by atoms with van der Waals surface area (Å²) in [5.41, 5.74) is 1.60. The average Bonchev–Trinajstić information content (AvgIpc) is 2.74. The molecule has 0 fully saturated rings. The molecule has 1 atom stereocenters. The predicted molar refractivity (Wildman–Crippen MR) is 89.1 cm³/mol. The van der Waals surface area contributed by atoms with E-state index in [-0.39, 0.29) is 10.5 Å². The standard InChI is InChI=1S/C17H16N2O4S/c1-11-6-5-7-13(10-11)18-16(20)12(2)19-17(21)14-8-3-4-9-15(14)24(19,22)23/h3-10,12H,1-2H3,(H,18,20)/t12-/m1/s1. The van der Waals surface area contributed by atoms with Crippen LogP contribution in [0.3, 0.4) is 0 Å². The van der Waals surface area contributed by atoms with Crippen LogP contribution < -0.4 is 5.32 Å². The molecule has 1 aliphatic heterocycles. The zero-order valence-electron chi connectivity index (χ0n) is 13.2. The minimum absolute atomic E-state index is 0.0646. The van der Waals surface area contributed by atoms with E-state index >= 15 is 0 Å². The first-order valence-electron chi connectivity index (χ1n) is 7.37. The van der Waals surface area contributed by atoms with E-state index in [0.29, 0.717) is 9.99 Å². The summed E-state index contributed by atoms with van der Waals surface area (Å²) < 4.78 is 25.8. The number of sulfonamides is 1. The molecule has 0 spiro atoms. The van der Waals surface area contributed by atoms with Gasteiger partial charge >= 0.3 is 0 Å². The average molecular weight is 344 g/mol. The Bertz CT molecular complexity index is 937. The summed E-state index contributed by atoms with van der Waals surface area (Å²) in [6, 6.07) is 11.9. The monoisotopic (exact) mass is 344 g/mol. The van der Waals surface area contributed by atoms with Gasteiger partial charge in [-0.05, 0) is 43.7 Å². The van der Waals surface area contributed by atoms with Crippen LogP contribution in [0.25, 0.3) is 0 Å². The minimum Gasteiger partial charge on any atom is -0.324 e. The maximum atomic E-state index is 12.6. The van der Waals surface area contributed by atoms with Crippen molar-refractivity contribution in [2.75, 3.05) is 5.32 Å². The Morgan fingerprint density at radius 2 is 1.83 bits per heavy atom. The number of fused-ring (bicyclic) bond motifs is 1. The topological polar surface area (TPSA) is 83.6 Å². The molecule has 2 amide bonds. The van der Waals surface area contributed by atoms with Crippen molar-refractivity contribution in [2.24, 2.45) is 0 Å². The summed E-state index contributed by atoms with van der Waals surface area (Å²) in [6.45, 7) is 3.27. The lowest BCUT2D eigenvalue weighted by Crippen LogP contribution is -2.45. The van der Waals surface area contributed by atoms with Crippen molar-refractivity contribution < 1.29 is 18.0 Å². The molecule has 0 saturated carbocycles. The van der Waals surface area contributed by atoms with E-state index in [1.54, 1.807) is 30.3 Å². The first-order valence-corrected chi connectivity index (χ1v) is 8.81. The largest absolute Gasteiger partial charge is 0.324 e. The van der Waals surface area contributed by atoms with Gasteiger partial charge in [-0.3, -0.25) is 9.59 Å². The molecular formula is C17H16N2O4S. The van der Waals surface area contributed by atoms with E-state index in [1.165, 1.54) is 19.1 Å². The van der Waals surface area contributed by atoms with Crippen molar-refractivity contribution in [1.29, 1.82) is 0 Å². The van der Waals surface area contributed by atoms with Crippen LogP contribution in [0.5, 0.6) is 0 Å². The second-order valence-electron chi connectivity index (χ2n) is 5.64. The summed E-state index contributed by atoms with van der Waals surface area (Å²) in [6.07, 6.45) is 0. The zero-order valence-corrected chi connectivity index (χ0v) is 14.0. The SMILES string of the molecule is Cc1cccc(NC(=O)[C@@H](C)N2C(=O)c3ccccc3S2(=O)=O)c1. The Kier molecular flexibility index (Phi) is 3.88. The Morgan fingerprint density at radius 1 is 1.12 bits per heavy atom. The highest BCUT2D eigenvalue weighted by atomic mass is 32.2. The number of amides is 2. The number of hydrogen-bond donors (Lipinski definition) is 1. The van der Waals surface area contributed by atoms with Crippen molar-refractivity contribution in [3.8, 4) is 0 Å². The lowest BCUT2D eigenvalue weighted by atomic mass is 10.2. The molecule has 3 rings (SSSR count). The van der Waals surface area contributed by atoms with Crippen LogP contribution >= 0.6 is 0 Å². The molecule has 1 N–H and O–H groups in total. The smallest absolute Gasteiger partial charge is 0.269 e. The second-order valence-corrected chi connectivity index (χ2v) is 7.42. The number of nitrogens with zero attached hydrogens (tertiary/aromatic N) is 1. The van der Waals surface area contributed by atoms with Crippen molar-refractivity contribution in [2.45, 2.75) is 24.8 Å². The number of rotatable bonds is 3. The summed E-state index contributed by atoms with van der Waals surface area (Å²) in [5, 5.41) is 2.65. The summed E-state index contributed by atoms with van der Waals surface area (Å²) in [7, 11) is -4.02. The van der Waals surface area contributed by atoms with E-state index in [1.807, 2.05) is 13.0 Å². The van der Waals surface area contributed by atoms with Gasteiger partial charge in [0.1, 0.15) is 10.9 Å². The lowest BCUT2D eigenvalue weighted by molar-refractivity contribution is -0.118. The predicted octanol–water partition coefficient (Wildman–Crippen LogP) is 2.17. The van der Waals surface area contributed by atoms with Gasteiger partial charge in [0.25, 0.3) is 15.9 Å². The number of anilines is 1. The number of benzene rings is 2. The molecule has 124 valence electrons. The number of carbonyl (C=O) groups excluding carboxylic acids is 2. The van der Waals surface area contributed by atoms with Gasteiger partial charge in [0.05, 0.1) is 5.56 Å². The molecule has 6 nitrogen and oxygen atoms in total. The van der Waals surface area contributed by atoms with Gasteiger partial charge in [-0.25, -0.2) is 12.7 Å². The Labute approximate surface area is 140 Å². The molecular weight excluding hydrogens is 328 g/mol. The quantitative estimate of drug-likeness (QED) is 0.925. The molecule has 7 heteroatoms. The summed E-state index contributed by atoms with van der Waals surface area (Å²) in [5.74, 6) is -1.25. The first-order chi connectivity index (χ1) is 11.3. The van der Waals surface area contributed by atoms with Gasteiger partial charge < -0.3 is 5.32 Å². The third-order valence-electron chi connectivity index (χ3n) is 3.87. The van der Waals surface area contributed by atoms with Crippen LogP contribution in [0.4, 0.5) is 5.69 Å². The molecule has 0 radical (unpaired) electrons. The minimum atomic E-state index is -4.02. The van der Waals surface area contributed by atoms with Crippen molar-refractivity contribution >= 4 is 27.5 Å². The molecule has 0 saturated heterocycles. The van der Waals surface area contributed by atoms with Gasteiger partial charge in [-0.1, -0.05) is 24.3 Å². The molecule has 24 heavy (non-hydrogen) atoms. The van der Waals surface area contributed by atoms with Crippen LogP contribution in [-0.2, 0) is 14.8 Å². The van der Waals surface area contributed by atoms with Crippen LogP contribution in [0.2, 0.25) is 0 Å². The van der Waals surface area contributed by atoms with E-state index in [4.69, 9.17) is 0 Å². The normalized spacial score (nSPS) is 16.6. The lowest BCUT2D eigenvalue weighted by Gasteiger charge is -2.22. The summed E-state index contributed by atoms with van der Waals surface area (Å²) >= 11 is 0. The molecule has 0 unspecified atom stereocenters. The highest BCUT2D eigenvalue weighted by Gasteiger charge is 2.45. The second kappa shape index (κ2) is 5.76. The maximum Gasteiger partial charge on any atom is 0.269 e.